The molecule has 8 aromatic rings. The molecule has 1 amide bonds. The summed E-state index contributed by atoms with van der Waals surface area (Å²) in [4.78, 5) is 151. The van der Waals surface area contributed by atoms with Crippen LogP contribution in [0, 0.1) is 13.8 Å². The number of nitrogens with two attached hydrogens (primary N) is 4. The highest BCUT2D eigenvalue weighted by Gasteiger charge is 2.48. The van der Waals surface area contributed by atoms with E-state index in [9.17, 15) is 82.7 Å². The van der Waals surface area contributed by atoms with Gasteiger partial charge in [0.25, 0.3) is 16.7 Å². The molecule has 0 bridgehead atoms. The van der Waals surface area contributed by atoms with Crippen LogP contribution in [0.3, 0.4) is 0 Å². The molecule has 14 rings (SSSR count). The molecule has 0 spiro atoms. The van der Waals surface area contributed by atoms with E-state index in [1.807, 2.05) is 6.92 Å². The summed E-state index contributed by atoms with van der Waals surface area (Å²) >= 11 is 0. The molecule has 53 nitrogen and oxygen atoms in total. The Kier molecular flexibility index (Phi) is 27.7. The van der Waals surface area contributed by atoms with E-state index in [4.69, 9.17) is 78.5 Å². The molecule has 0 aliphatic carbocycles. The number of rotatable bonds is 27. The molecule has 9 unspecified atom stereocenters. The van der Waals surface area contributed by atoms with Crippen molar-refractivity contribution in [2.45, 2.75) is 191 Å². The zero-order valence-corrected chi connectivity index (χ0v) is 63.7. The fourth-order valence-corrected chi connectivity index (χ4v) is 16.0. The van der Waals surface area contributed by atoms with Crippen molar-refractivity contribution in [3.63, 3.8) is 0 Å². The number of anilines is 3. The molecular weight excluding hydrogens is 1610 g/mol. The molecule has 636 valence electrons. The Labute approximate surface area is 651 Å². The lowest BCUT2D eigenvalue weighted by atomic mass is 10.1. The number of nitrogens with zero attached hydrogens (tertiary/aromatic N) is 15. The minimum absolute atomic E-state index is 0. The maximum absolute atomic E-state index is 12.8. The molecule has 6 aliphatic rings. The molecule has 0 aromatic carbocycles. The van der Waals surface area contributed by atoms with Crippen molar-refractivity contribution in [3.05, 3.63) is 107 Å². The van der Waals surface area contributed by atoms with Crippen molar-refractivity contribution in [1.29, 1.82) is 0 Å². The maximum Gasteiger partial charge on any atom is 0.472 e. The van der Waals surface area contributed by atoms with E-state index in [1.165, 1.54) is 39.0 Å². The van der Waals surface area contributed by atoms with Gasteiger partial charge in [0.1, 0.15) is 104 Å². The van der Waals surface area contributed by atoms with Crippen molar-refractivity contribution >= 4 is 80.7 Å². The van der Waals surface area contributed by atoms with Crippen molar-refractivity contribution in [2.75, 3.05) is 56.4 Å². The Morgan fingerprint density at radius 3 is 1.26 bits per heavy atom. The van der Waals surface area contributed by atoms with Crippen LogP contribution in [0.4, 0.5) is 17.8 Å². The predicted octanol–water partition coefficient (Wildman–Crippen LogP) is -4.08. The lowest BCUT2D eigenvalue weighted by molar-refractivity contribution is -0.121. The van der Waals surface area contributed by atoms with Gasteiger partial charge in [-0.3, -0.25) is 74.1 Å². The summed E-state index contributed by atoms with van der Waals surface area (Å²) < 4.78 is 110. The van der Waals surface area contributed by atoms with Gasteiger partial charge in [-0.1, -0.05) is 14.4 Å². The zero-order valence-electron chi connectivity index (χ0n) is 61.1. The normalized spacial score (nSPS) is 28.6. The number of phosphoric ester groups is 3. The average molecular weight is 1700 g/mol. The van der Waals surface area contributed by atoms with Crippen molar-refractivity contribution in [3.8, 4) is 0 Å². The van der Waals surface area contributed by atoms with Gasteiger partial charge in [-0.05, 0) is 27.2 Å². The number of ether oxygens (including phenoxy) is 6. The van der Waals surface area contributed by atoms with E-state index in [0.717, 1.165) is 21.5 Å². The molecule has 6 fully saturated rings. The van der Waals surface area contributed by atoms with Crippen molar-refractivity contribution < 1.29 is 114 Å². The monoisotopic (exact) mass is 1700 g/mol. The second kappa shape index (κ2) is 36.7. The number of carbonyl (C=O) groups is 1. The van der Waals surface area contributed by atoms with Crippen LogP contribution < -0.4 is 61.6 Å². The van der Waals surface area contributed by atoms with Crippen LogP contribution in [0.5, 0.6) is 0 Å². The number of H-pyrrole nitrogens is 3. The second-order valence-electron chi connectivity index (χ2n) is 26.6. The van der Waals surface area contributed by atoms with Gasteiger partial charge in [0.2, 0.25) is 23.8 Å². The molecule has 56 heteroatoms. The van der Waals surface area contributed by atoms with E-state index < -0.39 is 201 Å². The molecule has 116 heavy (non-hydrogen) atoms. The predicted molar refractivity (Wildman–Crippen MR) is 391 cm³/mol. The quantitative estimate of drug-likeness (QED) is 0.0172. The summed E-state index contributed by atoms with van der Waals surface area (Å²) in [5.74, 6) is -0.303. The van der Waals surface area contributed by atoms with Gasteiger partial charge in [-0.2, -0.15) is 15.0 Å². The van der Waals surface area contributed by atoms with Crippen molar-refractivity contribution in [2.24, 2.45) is 11.5 Å². The third-order valence-corrected chi connectivity index (χ3v) is 21.5. The molecule has 0 saturated carbocycles. The Morgan fingerprint density at radius 1 is 0.517 bits per heavy atom. The fraction of sp³-hybridized carbons (Fsp3) is 0.600. The number of aryl methyl sites for hydroxylation is 2. The molecular formula is C60H87N24O29P3. The molecule has 8 aromatic heterocycles. The number of aromatic nitrogens is 18. The highest BCUT2D eigenvalue weighted by molar-refractivity contribution is 7.48. The number of imidazole rings is 3. The van der Waals surface area contributed by atoms with Gasteiger partial charge in [0, 0.05) is 51.1 Å². The Bertz CT molecular complexity index is 5310. The lowest BCUT2D eigenvalue weighted by Gasteiger charge is -2.22. The third kappa shape index (κ3) is 20.6. The average Bonchev–Trinajstić information content (AvgIpc) is 1.64. The van der Waals surface area contributed by atoms with Crippen LogP contribution >= 0.6 is 23.5 Å². The van der Waals surface area contributed by atoms with Gasteiger partial charge in [-0.25, -0.2) is 58.2 Å². The van der Waals surface area contributed by atoms with Crippen LogP contribution in [-0.2, 0) is 74.1 Å². The number of aliphatic hydroxyl groups excluding tert-OH is 5. The van der Waals surface area contributed by atoms with Crippen molar-refractivity contribution in [1.82, 2.24) is 92.9 Å². The molecule has 6 aliphatic heterocycles. The second-order valence-corrected chi connectivity index (χ2v) is 30.8. The number of phosphoric acid groups is 3. The number of nitrogen functional groups attached to an aromatic ring is 2. The van der Waals surface area contributed by atoms with Crippen LogP contribution in [0.2, 0.25) is 0 Å². The van der Waals surface area contributed by atoms with E-state index in [2.05, 4.69) is 75.4 Å². The van der Waals surface area contributed by atoms with E-state index in [0.29, 0.717) is 24.6 Å². The minimum Gasteiger partial charge on any atom is -0.394 e. The Morgan fingerprint density at radius 2 is 0.871 bits per heavy atom. The SMILES string of the molecule is C.CCNc1nc2c(ncn2[C@H]2CC(O)[C@@H](COP(=O)(O)OC3C[C@H](n4cnc(N)nc4=O)O[C@@H]3CO)O2)c(=O)[nH]1.CC[C@H]1O[C@@H](n2cnc(N)nc2=O)CC1OP(=O)(O)OC[C@H]1O[C@@H](n2cnc3c(=O)[nH]c(C)nc32)CC1O.Cc1nc2c(ncn2[C@H]2CC(O)[C@@H](COP(=O)(O)OC3C[C@@H](NC(=O)C=C(N)N)O[C@@H]3CO)O2)c(=O)[nH]1. The lowest BCUT2D eigenvalue weighted by Crippen LogP contribution is -2.34. The highest BCUT2D eigenvalue weighted by atomic mass is 31.2. The summed E-state index contributed by atoms with van der Waals surface area (Å²) in [5.41, 5.74) is 19.6. The van der Waals surface area contributed by atoms with Gasteiger partial charge in [-0.15, -0.1) is 0 Å². The van der Waals surface area contributed by atoms with E-state index >= 15 is 0 Å². The highest BCUT2D eigenvalue weighted by Crippen LogP contribution is 2.52. The van der Waals surface area contributed by atoms with Crippen LogP contribution in [0.15, 0.2) is 67.5 Å². The first-order chi connectivity index (χ1) is 54.6. The van der Waals surface area contributed by atoms with Gasteiger partial charge in [0.15, 0.2) is 33.5 Å². The summed E-state index contributed by atoms with van der Waals surface area (Å²) in [7, 11) is -14.1. The third-order valence-electron chi connectivity index (χ3n) is 18.5. The minimum atomic E-state index is -4.75. The number of amides is 1. The Balaban J connectivity index is 0.000000170. The number of aliphatic hydroxyl groups is 5. The number of fused-ring (bicyclic) bond motifs is 3. The number of carbonyl (C=O) groups excluding carboxylic acids is 1. The van der Waals surface area contributed by atoms with E-state index in [-0.39, 0.29) is 103 Å². The standard InChI is InChI=1S/C20H28N9O10P.C20H27N8O9P.C19H28N7O10P.CH4/c1-2-22-19-25-16-15(17(32)26-19)23-7-28(16)13-3-9(31)12(38-13)6-36-40(34,35)39-10-4-14(37-11(10)5-30)29-8-24-18(21)27-20(29)33;1-3-11-12(5-15(35-11)28-8-23-19(21)26-20(28)31)37-38(32,33)34-6-13-10(29)4-14(36-13)27-7-22-16-17(27)24-9(2)25-18(16)30;1-8-23-18-17(19(30)24-8)22-7-26(18)16-2-9(28)12(35-16)6-33-37(31,32)36-10-3-15(34-11(10)5-27)25-14(29)4-13(20)21;/h7-14,30-31H,2-6H2,1H3,(H,34,35)(H2,21,27,33)(H2,22,25,26,32);7-8,10-15,29H,3-6H2,1-2H3,(H,32,33)(H2,21,26,31)(H,24,25,30);4,7,9-12,15-16,27-28H,2-3,5-6,20-21H2,1H3,(H,25,29)(H,31,32)(H,23,24,30);1H4/t9?,10?,11-,12-,13-,14-;10?,11-,12?,13-,14-,15-;9?,10?,11-,12-,15+,16-;/m111./s1. The van der Waals surface area contributed by atoms with Gasteiger partial charge in [0.05, 0.1) is 88.4 Å². The molecule has 6 saturated heterocycles. The molecule has 0 radical (unpaired) electrons. The number of hydrogen-bond acceptors (Lipinski definition) is 41. The van der Waals surface area contributed by atoms with Crippen LogP contribution in [-0.4, -0.2) is 253 Å². The first-order valence-electron chi connectivity index (χ1n) is 35.3. The van der Waals surface area contributed by atoms with Gasteiger partial charge < -0.3 is 112 Å². The first-order valence-corrected chi connectivity index (χ1v) is 39.7. The number of nitrogens with one attached hydrogen (secondary N) is 5. The molecule has 14 heterocycles. The van der Waals surface area contributed by atoms with E-state index in [1.54, 1.807) is 20.8 Å². The van der Waals surface area contributed by atoms with Gasteiger partial charge >= 0.3 is 34.8 Å². The largest absolute Gasteiger partial charge is 0.472 e. The summed E-state index contributed by atoms with van der Waals surface area (Å²) in [6.07, 6.45) is -9.23. The fourth-order valence-electron chi connectivity index (χ4n) is 13.1. The molecule has 21 atom stereocenters. The van der Waals surface area contributed by atoms with Crippen LogP contribution in [0.25, 0.3) is 33.5 Å². The Hall–Kier alpha value is -9.23. The summed E-state index contributed by atoms with van der Waals surface area (Å²) in [6, 6.07) is 0. The zero-order chi connectivity index (χ0) is 82.7. The number of aromatic amines is 3. The molecule has 21 N–H and O–H groups in total. The first kappa shape index (κ1) is 87.6. The van der Waals surface area contributed by atoms with Crippen LogP contribution in [0.1, 0.15) is 109 Å². The summed E-state index contributed by atoms with van der Waals surface area (Å²) in [5, 5.41) is 56.0. The maximum atomic E-state index is 12.8. The smallest absolute Gasteiger partial charge is 0.394 e. The number of hydrogen-bond donors (Lipinski definition) is 17. The summed E-state index contributed by atoms with van der Waals surface area (Å²) in [6.45, 7) is 4.75. The topological polar surface area (TPSA) is 755 Å².